The van der Waals surface area contributed by atoms with E-state index >= 15 is 0 Å². The predicted molar refractivity (Wildman–Crippen MR) is 80.7 cm³/mol. The van der Waals surface area contributed by atoms with Crippen LogP contribution in [0.2, 0.25) is 0 Å². The van der Waals surface area contributed by atoms with Crippen molar-refractivity contribution in [3.63, 3.8) is 0 Å². The van der Waals surface area contributed by atoms with Crippen molar-refractivity contribution in [2.24, 2.45) is 17.3 Å². The molecule has 0 radical (unpaired) electrons. The molecule has 0 aromatic rings. The van der Waals surface area contributed by atoms with Crippen LogP contribution in [-0.4, -0.2) is 29.7 Å². The van der Waals surface area contributed by atoms with Gasteiger partial charge in [-0.2, -0.15) is 0 Å². The van der Waals surface area contributed by atoms with Crippen LogP contribution in [0.5, 0.6) is 0 Å². The lowest BCUT2D eigenvalue weighted by Crippen LogP contribution is -2.43. The number of hydrogen-bond donors (Lipinski definition) is 2. The molecule has 0 bridgehead atoms. The Morgan fingerprint density at radius 1 is 1.17 bits per heavy atom. The summed E-state index contributed by atoms with van der Waals surface area (Å²) in [7, 11) is 0. The van der Waals surface area contributed by atoms with Gasteiger partial charge in [-0.15, -0.1) is 23.4 Å². The molecular formula is C14H23ClN2S. The van der Waals surface area contributed by atoms with Crippen molar-refractivity contribution < 1.29 is 0 Å². The minimum Gasteiger partial charge on any atom is -0.303 e. The minimum absolute atomic E-state index is 0.159. The van der Waals surface area contributed by atoms with Crippen molar-refractivity contribution in [3.05, 3.63) is 0 Å². The third-order valence-electron chi connectivity index (χ3n) is 3.55. The van der Waals surface area contributed by atoms with Gasteiger partial charge in [0.15, 0.2) is 0 Å². The summed E-state index contributed by atoms with van der Waals surface area (Å²) in [4.78, 5) is 0. The van der Waals surface area contributed by atoms with Crippen LogP contribution in [-0.2, 0) is 0 Å². The highest BCUT2D eigenvalue weighted by Crippen LogP contribution is 2.47. The number of thioether (sulfide) groups is 1. The van der Waals surface area contributed by atoms with Crippen LogP contribution in [0.4, 0.5) is 0 Å². The summed E-state index contributed by atoms with van der Waals surface area (Å²) in [6, 6.07) is 0. The molecule has 2 heterocycles. The van der Waals surface area contributed by atoms with E-state index in [1.165, 1.54) is 0 Å². The van der Waals surface area contributed by atoms with Crippen LogP contribution in [0.1, 0.15) is 27.2 Å². The van der Waals surface area contributed by atoms with Crippen LogP contribution in [0.25, 0.3) is 0 Å². The van der Waals surface area contributed by atoms with Gasteiger partial charge in [0.25, 0.3) is 0 Å². The predicted octanol–water partition coefficient (Wildman–Crippen LogP) is 2.49. The molecule has 2 aliphatic heterocycles. The molecule has 102 valence electrons. The number of alkyl halides is 1. The molecule has 2 saturated heterocycles. The van der Waals surface area contributed by atoms with E-state index in [2.05, 4.69) is 43.2 Å². The number of halogens is 1. The molecule has 0 aromatic carbocycles. The topological polar surface area (TPSA) is 24.1 Å². The van der Waals surface area contributed by atoms with Gasteiger partial charge >= 0.3 is 0 Å². The summed E-state index contributed by atoms with van der Waals surface area (Å²) < 4.78 is 0.159. The van der Waals surface area contributed by atoms with Gasteiger partial charge < -0.3 is 10.6 Å². The second-order valence-corrected chi connectivity index (χ2v) is 8.33. The Morgan fingerprint density at radius 2 is 1.83 bits per heavy atom. The fourth-order valence-corrected chi connectivity index (χ4v) is 4.26. The second kappa shape index (κ2) is 6.05. The summed E-state index contributed by atoms with van der Waals surface area (Å²) in [5.74, 6) is 7.60. The second-order valence-electron chi connectivity index (χ2n) is 6.25. The van der Waals surface area contributed by atoms with E-state index < -0.39 is 0 Å². The van der Waals surface area contributed by atoms with Crippen molar-refractivity contribution in [1.29, 1.82) is 0 Å². The van der Waals surface area contributed by atoms with Crippen LogP contribution >= 0.6 is 23.4 Å². The third-order valence-corrected chi connectivity index (χ3v) is 5.98. The Labute approximate surface area is 120 Å². The zero-order chi connectivity index (χ0) is 13.2. The van der Waals surface area contributed by atoms with E-state index in [9.17, 15) is 0 Å². The molecule has 0 spiro atoms. The van der Waals surface area contributed by atoms with E-state index in [-0.39, 0.29) is 4.71 Å². The van der Waals surface area contributed by atoms with Crippen LogP contribution in [0.15, 0.2) is 0 Å². The lowest BCUT2D eigenvalue weighted by molar-refractivity contribution is 0.375. The molecule has 0 amide bonds. The first-order valence-corrected chi connectivity index (χ1v) is 8.07. The van der Waals surface area contributed by atoms with Crippen molar-refractivity contribution in [1.82, 2.24) is 10.6 Å². The number of rotatable bonds is 0. The Morgan fingerprint density at radius 3 is 2.39 bits per heavy atom. The fraction of sp³-hybridized carbons (Fsp3) is 0.857. The molecule has 3 unspecified atom stereocenters. The lowest BCUT2D eigenvalue weighted by atomic mass is 9.87. The molecule has 0 saturated carbocycles. The zero-order valence-electron chi connectivity index (χ0n) is 11.4. The van der Waals surface area contributed by atoms with E-state index in [0.717, 1.165) is 26.2 Å². The fourth-order valence-electron chi connectivity index (χ4n) is 2.31. The van der Waals surface area contributed by atoms with Gasteiger partial charge in [0.2, 0.25) is 0 Å². The summed E-state index contributed by atoms with van der Waals surface area (Å²) in [6.07, 6.45) is 1.13. The maximum atomic E-state index is 6.43. The Kier molecular flexibility index (Phi) is 4.88. The average Bonchev–Trinajstić information content (AvgIpc) is 2.69. The molecule has 3 atom stereocenters. The van der Waals surface area contributed by atoms with Gasteiger partial charge in [-0.05, 0) is 11.8 Å². The average molecular weight is 287 g/mol. The first-order valence-electron chi connectivity index (χ1n) is 6.69. The quantitative estimate of drug-likeness (QED) is 0.528. The standard InChI is InChI=1S/C14H23ClN2S/c1-14(2,3)12-6-11(13(15)18-12)5-4-10-7-16-9-17-8-10/h10-13,16-17H,6-9H2,1-3H3. The largest absolute Gasteiger partial charge is 0.303 e. The first kappa shape index (κ1) is 14.5. The Bertz CT molecular complexity index is 336. The minimum atomic E-state index is 0.159. The van der Waals surface area contributed by atoms with Crippen molar-refractivity contribution >= 4 is 23.4 Å². The van der Waals surface area contributed by atoms with Gasteiger partial charge in [0.05, 0.1) is 4.71 Å². The molecule has 0 aliphatic carbocycles. The first-order chi connectivity index (χ1) is 8.47. The molecule has 2 aliphatic rings. The third kappa shape index (κ3) is 3.81. The van der Waals surface area contributed by atoms with Crippen LogP contribution < -0.4 is 10.6 Å². The van der Waals surface area contributed by atoms with E-state index in [1.807, 2.05) is 11.8 Å². The smallest absolute Gasteiger partial charge is 0.0929 e. The highest BCUT2D eigenvalue weighted by molar-refractivity contribution is 8.02. The van der Waals surface area contributed by atoms with Crippen LogP contribution in [0.3, 0.4) is 0 Å². The summed E-state index contributed by atoms with van der Waals surface area (Å²) >= 11 is 8.32. The van der Waals surface area contributed by atoms with Gasteiger partial charge in [-0.1, -0.05) is 32.6 Å². The van der Waals surface area contributed by atoms with Gasteiger partial charge in [-0.25, -0.2) is 0 Å². The maximum Gasteiger partial charge on any atom is 0.0929 e. The molecule has 2 N–H and O–H groups in total. The Balaban J connectivity index is 1.92. The molecule has 0 aromatic heterocycles. The maximum absolute atomic E-state index is 6.43. The Hall–Kier alpha value is 0.120. The summed E-state index contributed by atoms with van der Waals surface area (Å²) in [5.41, 5.74) is 0.322. The lowest BCUT2D eigenvalue weighted by Gasteiger charge is -2.25. The van der Waals surface area contributed by atoms with Gasteiger partial charge in [-0.3, -0.25) is 0 Å². The normalized spacial score (nSPS) is 34.1. The van der Waals surface area contributed by atoms with E-state index in [0.29, 0.717) is 22.5 Å². The molecule has 2 rings (SSSR count). The SMILES string of the molecule is CC(C)(C)C1CC(C#CC2CNCNC2)C(Cl)S1. The number of nitrogens with one attached hydrogen (secondary N) is 2. The zero-order valence-corrected chi connectivity index (χ0v) is 13.0. The van der Waals surface area contributed by atoms with Crippen LogP contribution in [0, 0.1) is 29.1 Å². The molecule has 2 fully saturated rings. The molecule has 4 heteroatoms. The summed E-state index contributed by atoms with van der Waals surface area (Å²) in [5, 5.41) is 7.23. The molecule has 2 nitrogen and oxygen atoms in total. The van der Waals surface area contributed by atoms with E-state index in [1.54, 1.807) is 0 Å². The monoisotopic (exact) mass is 286 g/mol. The van der Waals surface area contributed by atoms with Gasteiger partial charge in [0.1, 0.15) is 0 Å². The summed E-state index contributed by atoms with van der Waals surface area (Å²) in [6.45, 7) is 9.77. The highest BCUT2D eigenvalue weighted by Gasteiger charge is 2.38. The molecular weight excluding hydrogens is 264 g/mol. The van der Waals surface area contributed by atoms with Gasteiger partial charge in [0, 0.05) is 36.8 Å². The molecule has 18 heavy (non-hydrogen) atoms. The number of hydrogen-bond acceptors (Lipinski definition) is 3. The van der Waals surface area contributed by atoms with Crippen molar-refractivity contribution in [3.8, 4) is 11.8 Å². The highest BCUT2D eigenvalue weighted by atomic mass is 35.5. The van der Waals surface area contributed by atoms with Crippen molar-refractivity contribution in [2.45, 2.75) is 37.2 Å². The van der Waals surface area contributed by atoms with Crippen molar-refractivity contribution in [2.75, 3.05) is 19.8 Å². The van der Waals surface area contributed by atoms with E-state index in [4.69, 9.17) is 11.6 Å².